The summed E-state index contributed by atoms with van der Waals surface area (Å²) in [4.78, 5) is 17.6. The molecular formula is C58H63BrLi2N4PdY4. The average molecular weight is 1370 g/mol. The van der Waals surface area contributed by atoms with Gasteiger partial charge in [-0.2, -0.15) is 6.42 Å². The maximum Gasteiger partial charge on any atom is 2.00 e. The van der Waals surface area contributed by atoms with Crippen LogP contribution in [0.15, 0.2) is 151 Å². The first-order chi connectivity index (χ1) is 30.4. The van der Waals surface area contributed by atoms with Crippen LogP contribution >= 0.6 is 15.9 Å². The molecule has 0 bridgehead atoms. The Labute approximate surface area is 570 Å². The molecule has 8 aromatic rings. The van der Waals surface area contributed by atoms with Crippen LogP contribution in [0.5, 0.6) is 0 Å². The number of pyridine rings is 4. The predicted molar refractivity (Wildman–Crippen MR) is 272 cm³/mol. The van der Waals surface area contributed by atoms with Gasteiger partial charge in [0, 0.05) is 166 Å². The normalized spacial score (nSPS) is 8.81. The fourth-order valence-electron chi connectivity index (χ4n) is 5.41. The number of rotatable bonds is 5. The second kappa shape index (κ2) is 45.4. The number of unbranched alkanes of at least 4 members (excludes halogenated alkanes) is 1. The molecule has 0 saturated heterocycles. The molecule has 12 heteroatoms. The van der Waals surface area contributed by atoms with Crippen molar-refractivity contribution in [3.8, 4) is 45.0 Å². The van der Waals surface area contributed by atoms with Crippen molar-refractivity contribution in [2.75, 3.05) is 0 Å². The minimum absolute atomic E-state index is 0. The largest absolute Gasteiger partial charge is 2.00 e. The van der Waals surface area contributed by atoms with Gasteiger partial charge in [-0.25, -0.2) is 0 Å². The van der Waals surface area contributed by atoms with E-state index in [1.165, 1.54) is 50.9 Å². The van der Waals surface area contributed by atoms with Crippen molar-refractivity contribution in [3.63, 3.8) is 0 Å². The zero-order valence-corrected chi connectivity index (χ0v) is 58.3. The summed E-state index contributed by atoms with van der Waals surface area (Å²) in [5.41, 5.74) is 18.3. The Balaban J connectivity index is -0.000000250. The minimum atomic E-state index is 0. The SMILES string of the molecule is CC.Cc1cnc(-c2[c-]cccc2)cc1C.Cc1cnc(-c2[c-]cccc2)cc1C.Cc1cnc(-c2[c-]cccc2)cc1C.Cc1cnc(-c2ccccc2Br)cc1C.[CH2-]CCC.[Li+].[Li+].[Pd+2].[Y].[Y].[Y].[Y]. The third-order valence-corrected chi connectivity index (χ3v) is 10.6. The Morgan fingerprint density at radius 2 is 0.686 bits per heavy atom. The number of aromatic nitrogens is 4. The third-order valence-electron chi connectivity index (χ3n) is 9.95. The second-order valence-corrected chi connectivity index (χ2v) is 15.6. The van der Waals surface area contributed by atoms with Crippen molar-refractivity contribution in [2.45, 2.75) is 89.0 Å². The van der Waals surface area contributed by atoms with E-state index < -0.39 is 0 Å². The van der Waals surface area contributed by atoms with Crippen molar-refractivity contribution < 1.29 is 189 Å². The van der Waals surface area contributed by atoms with Crippen molar-refractivity contribution in [1.82, 2.24) is 19.9 Å². The molecule has 0 N–H and O–H groups in total. The van der Waals surface area contributed by atoms with E-state index in [0.717, 1.165) is 55.9 Å². The topological polar surface area (TPSA) is 51.6 Å². The van der Waals surface area contributed by atoms with E-state index in [1.54, 1.807) is 0 Å². The van der Waals surface area contributed by atoms with E-state index in [-0.39, 0.29) is 189 Å². The summed E-state index contributed by atoms with van der Waals surface area (Å²) < 4.78 is 1.08. The molecule has 4 heterocycles. The maximum atomic E-state index is 4.44. The quantitative estimate of drug-likeness (QED) is 0.127. The van der Waals surface area contributed by atoms with Crippen molar-refractivity contribution >= 4 is 15.9 Å². The van der Waals surface area contributed by atoms with E-state index >= 15 is 0 Å². The van der Waals surface area contributed by atoms with Gasteiger partial charge in [0.1, 0.15) is 0 Å². The smallest absolute Gasteiger partial charge is 0.343 e. The first-order valence-electron chi connectivity index (χ1n) is 21.6. The van der Waals surface area contributed by atoms with E-state index in [4.69, 9.17) is 0 Å². The molecule has 0 aliphatic rings. The fourth-order valence-corrected chi connectivity index (χ4v) is 5.90. The Morgan fingerprint density at radius 1 is 0.429 bits per heavy atom. The van der Waals surface area contributed by atoms with Crippen molar-refractivity contribution in [1.29, 1.82) is 0 Å². The van der Waals surface area contributed by atoms with Gasteiger partial charge in [0.25, 0.3) is 0 Å². The van der Waals surface area contributed by atoms with E-state index in [9.17, 15) is 0 Å². The summed E-state index contributed by atoms with van der Waals surface area (Å²) in [6.07, 6.45) is 9.92. The van der Waals surface area contributed by atoms with Gasteiger partial charge >= 0.3 is 58.1 Å². The molecule has 0 aliphatic carbocycles. The van der Waals surface area contributed by atoms with Gasteiger partial charge in [0.15, 0.2) is 0 Å². The Kier molecular flexibility index (Phi) is 51.3. The predicted octanol–water partition coefficient (Wildman–Crippen LogP) is 10.3. The second-order valence-electron chi connectivity index (χ2n) is 14.8. The van der Waals surface area contributed by atoms with Gasteiger partial charge in [0.05, 0.1) is 5.69 Å². The Morgan fingerprint density at radius 3 is 0.929 bits per heavy atom. The number of hydrogen-bond acceptors (Lipinski definition) is 4. The summed E-state index contributed by atoms with van der Waals surface area (Å²) >= 11 is 3.54. The summed E-state index contributed by atoms with van der Waals surface area (Å²) in [6, 6.07) is 49.8. The summed E-state index contributed by atoms with van der Waals surface area (Å²) in [5.74, 6) is 0. The van der Waals surface area contributed by atoms with Crippen LogP contribution in [0.2, 0.25) is 0 Å². The van der Waals surface area contributed by atoms with Crippen LogP contribution in [-0.4, -0.2) is 19.9 Å². The maximum absolute atomic E-state index is 4.44. The number of aryl methyl sites for hydroxylation is 8. The zero-order chi connectivity index (χ0) is 46.1. The molecule has 0 atom stereocenters. The van der Waals surface area contributed by atoms with Gasteiger partial charge in [-0.15, -0.1) is 108 Å². The Bertz CT molecular complexity index is 2370. The van der Waals surface area contributed by atoms with Crippen molar-refractivity contribution in [3.05, 3.63) is 220 Å². The summed E-state index contributed by atoms with van der Waals surface area (Å²) in [5, 5.41) is 0. The summed E-state index contributed by atoms with van der Waals surface area (Å²) in [7, 11) is 0. The molecule has 0 fully saturated rings. The molecule has 0 amide bonds. The molecule has 0 spiro atoms. The van der Waals surface area contributed by atoms with Crippen LogP contribution in [0.4, 0.5) is 0 Å². The molecule has 4 aromatic heterocycles. The fraction of sp³-hybridized carbons (Fsp3) is 0.224. The zero-order valence-electron chi connectivity index (χ0n) is 43.8. The van der Waals surface area contributed by atoms with E-state index in [1.807, 2.05) is 130 Å². The molecule has 0 saturated carbocycles. The molecule has 8 rings (SSSR count). The average Bonchev–Trinajstić information content (AvgIpc) is 3.32. The number of hydrogen-bond donors (Lipinski definition) is 0. The van der Waals surface area contributed by atoms with E-state index in [0.29, 0.717) is 0 Å². The molecule has 70 heavy (non-hydrogen) atoms. The molecule has 0 aliphatic heterocycles. The number of nitrogens with zero attached hydrogens (tertiary/aromatic N) is 4. The van der Waals surface area contributed by atoms with Gasteiger partial charge in [-0.3, -0.25) is 4.98 Å². The van der Waals surface area contributed by atoms with Crippen LogP contribution in [0.3, 0.4) is 0 Å². The minimum Gasteiger partial charge on any atom is -0.343 e. The number of benzene rings is 4. The van der Waals surface area contributed by atoms with Crippen LogP contribution < -0.4 is 37.7 Å². The van der Waals surface area contributed by atoms with Gasteiger partial charge in [-0.1, -0.05) is 96.2 Å². The van der Waals surface area contributed by atoms with Gasteiger partial charge in [0.2, 0.25) is 0 Å². The van der Waals surface area contributed by atoms with Crippen LogP contribution in [-0.2, 0) is 151 Å². The molecule has 4 nitrogen and oxygen atoms in total. The molecule has 0 unspecified atom stereocenters. The number of halogens is 1. The van der Waals surface area contributed by atoms with Gasteiger partial charge in [-0.05, 0) is 112 Å². The Hall–Kier alpha value is 0.233. The third kappa shape index (κ3) is 28.4. The van der Waals surface area contributed by atoms with Gasteiger partial charge < -0.3 is 21.9 Å². The molecule has 4 radical (unpaired) electrons. The first kappa shape index (κ1) is 79.1. The summed E-state index contributed by atoms with van der Waals surface area (Å²) in [6.45, 7) is 26.4. The van der Waals surface area contributed by atoms with Crippen LogP contribution in [0.1, 0.15) is 78.1 Å². The molecule has 4 aromatic carbocycles. The van der Waals surface area contributed by atoms with E-state index in [2.05, 4.69) is 154 Å². The van der Waals surface area contributed by atoms with Crippen LogP contribution in [0.25, 0.3) is 45.0 Å². The first-order valence-corrected chi connectivity index (χ1v) is 22.4. The molecular weight excluding hydrogens is 1310 g/mol. The monoisotopic (exact) mass is 1370 g/mol. The standard InChI is InChI=1S/C13H12BrN.3C13H12N.C4H9.C2H6.2Li.Pd.4Y/c1-9-7-13(15-8-10(9)2)11-5-3-4-6-12(11)14;3*1-10-8-13(14-9-11(10)2)12-6-4-3-5-7-12;1-3-4-2;1-2;;;;;;;/h3-8H,1-2H3;3*3-6,8-9H,1-2H3;1,3-4H2,2H3;1-2H3;;;;;;;/q;4*-1;;2*+1;+2;;;;. The van der Waals surface area contributed by atoms with Crippen LogP contribution in [0, 0.1) is 80.5 Å². The van der Waals surface area contributed by atoms with Crippen molar-refractivity contribution in [2.24, 2.45) is 0 Å². The molecule has 346 valence electrons.